The third-order valence-electron chi connectivity index (χ3n) is 3.46. The number of carbonyl (C=O) groups excluding carboxylic acids is 3. The zero-order valence-corrected chi connectivity index (χ0v) is 13.6. The smallest absolute Gasteiger partial charge is 0.239 e. The average Bonchev–Trinajstić information content (AvgIpc) is 2.77. The normalized spacial score (nSPS) is 14.6. The Labute approximate surface area is 133 Å². The van der Waals surface area contributed by atoms with Gasteiger partial charge in [-0.05, 0) is 20.3 Å². The third-order valence-corrected chi connectivity index (χ3v) is 4.45. The maximum absolute atomic E-state index is 11.9. The molecular formula is C14H20N4O3S. The summed E-state index contributed by atoms with van der Waals surface area (Å²) < 4.78 is 0. The molecule has 1 fully saturated rings. The van der Waals surface area contributed by atoms with E-state index in [-0.39, 0.29) is 37.1 Å². The van der Waals surface area contributed by atoms with Gasteiger partial charge in [-0.15, -0.1) is 11.3 Å². The fourth-order valence-corrected chi connectivity index (χ4v) is 2.95. The van der Waals surface area contributed by atoms with Crippen LogP contribution in [-0.4, -0.2) is 47.2 Å². The van der Waals surface area contributed by atoms with Crippen LogP contribution in [0.1, 0.15) is 29.8 Å². The Hall–Kier alpha value is -1.96. The Balaban J connectivity index is 1.70. The lowest BCUT2D eigenvalue weighted by Crippen LogP contribution is -2.49. The van der Waals surface area contributed by atoms with E-state index < -0.39 is 0 Å². The number of nitrogens with zero attached hydrogens (tertiary/aromatic N) is 2. The molecule has 0 aliphatic carbocycles. The van der Waals surface area contributed by atoms with E-state index in [0.717, 1.165) is 10.6 Å². The van der Waals surface area contributed by atoms with Crippen molar-refractivity contribution in [3.05, 3.63) is 10.6 Å². The van der Waals surface area contributed by atoms with E-state index >= 15 is 0 Å². The molecule has 2 rings (SSSR count). The number of thiazole rings is 1. The van der Waals surface area contributed by atoms with Gasteiger partial charge in [-0.3, -0.25) is 14.4 Å². The number of nitrogens with one attached hydrogen (secondary N) is 2. The van der Waals surface area contributed by atoms with Crippen molar-refractivity contribution < 1.29 is 14.4 Å². The number of carbonyl (C=O) groups is 3. The number of hydrogen-bond donors (Lipinski definition) is 2. The summed E-state index contributed by atoms with van der Waals surface area (Å²) in [5.74, 6) is -0.353. The van der Waals surface area contributed by atoms with E-state index in [1.165, 1.54) is 16.2 Å². The molecule has 0 saturated carbocycles. The molecule has 7 nitrogen and oxygen atoms in total. The number of aryl methyl sites for hydroxylation is 2. The first kappa shape index (κ1) is 16.4. The molecule has 0 unspecified atom stereocenters. The highest BCUT2D eigenvalue weighted by atomic mass is 32.1. The lowest BCUT2D eigenvalue weighted by atomic mass is 10.2. The molecule has 0 radical (unpaired) electrons. The molecule has 0 aromatic carbocycles. The van der Waals surface area contributed by atoms with Crippen molar-refractivity contribution in [2.45, 2.75) is 33.1 Å². The van der Waals surface area contributed by atoms with Crippen LogP contribution in [0.15, 0.2) is 0 Å². The Kier molecular flexibility index (Phi) is 5.48. The minimum absolute atomic E-state index is 0.0800. The van der Waals surface area contributed by atoms with Crippen LogP contribution < -0.4 is 10.6 Å². The van der Waals surface area contributed by atoms with Crippen LogP contribution >= 0.6 is 11.3 Å². The molecule has 2 heterocycles. The minimum Gasteiger partial charge on any atom is -0.353 e. The summed E-state index contributed by atoms with van der Waals surface area (Å²) in [4.78, 5) is 41.8. The highest BCUT2D eigenvalue weighted by Gasteiger charge is 2.20. The van der Waals surface area contributed by atoms with E-state index in [4.69, 9.17) is 0 Å². The number of aromatic nitrogens is 1. The molecule has 1 aliphatic heterocycles. The topological polar surface area (TPSA) is 91.4 Å². The van der Waals surface area contributed by atoms with Crippen molar-refractivity contribution in [2.75, 3.05) is 25.0 Å². The molecule has 0 spiro atoms. The summed E-state index contributed by atoms with van der Waals surface area (Å²) in [5, 5.41) is 6.01. The predicted octanol–water partition coefficient (Wildman–Crippen LogP) is 0.827. The van der Waals surface area contributed by atoms with Gasteiger partial charge in [-0.2, -0.15) is 0 Å². The zero-order valence-electron chi connectivity index (χ0n) is 12.8. The fourth-order valence-electron chi connectivity index (χ4n) is 2.12. The summed E-state index contributed by atoms with van der Waals surface area (Å²) in [6.07, 6.45) is 1.01. The second-order valence-electron chi connectivity index (χ2n) is 5.23. The monoisotopic (exact) mass is 324 g/mol. The molecule has 1 aromatic rings. The lowest BCUT2D eigenvalue weighted by Gasteiger charge is -2.26. The molecule has 1 saturated heterocycles. The van der Waals surface area contributed by atoms with Gasteiger partial charge in [0.15, 0.2) is 5.13 Å². The average molecular weight is 324 g/mol. The van der Waals surface area contributed by atoms with Gasteiger partial charge < -0.3 is 15.5 Å². The van der Waals surface area contributed by atoms with Crippen LogP contribution in [0.4, 0.5) is 5.13 Å². The highest BCUT2D eigenvalue weighted by Crippen LogP contribution is 2.21. The van der Waals surface area contributed by atoms with Crippen molar-refractivity contribution in [3.63, 3.8) is 0 Å². The summed E-state index contributed by atoms with van der Waals surface area (Å²) in [6, 6.07) is 0. The van der Waals surface area contributed by atoms with Gasteiger partial charge in [0.05, 0.1) is 12.2 Å². The summed E-state index contributed by atoms with van der Waals surface area (Å²) in [6.45, 7) is 5.00. The fraction of sp³-hybridized carbons (Fsp3) is 0.571. The van der Waals surface area contributed by atoms with Crippen molar-refractivity contribution in [1.82, 2.24) is 15.2 Å². The van der Waals surface area contributed by atoms with Gasteiger partial charge in [-0.25, -0.2) is 4.98 Å². The van der Waals surface area contributed by atoms with Gasteiger partial charge in [0.1, 0.15) is 0 Å². The molecule has 1 aliphatic rings. The van der Waals surface area contributed by atoms with E-state index in [0.29, 0.717) is 24.6 Å². The zero-order chi connectivity index (χ0) is 16.1. The predicted molar refractivity (Wildman–Crippen MR) is 83.7 cm³/mol. The second kappa shape index (κ2) is 7.35. The molecule has 0 atom stereocenters. The second-order valence-corrected chi connectivity index (χ2v) is 6.43. The Morgan fingerprint density at radius 1 is 1.36 bits per heavy atom. The van der Waals surface area contributed by atoms with E-state index in [2.05, 4.69) is 15.6 Å². The minimum atomic E-state index is -0.141. The molecule has 22 heavy (non-hydrogen) atoms. The highest BCUT2D eigenvalue weighted by molar-refractivity contribution is 7.15. The first-order chi connectivity index (χ1) is 10.5. The van der Waals surface area contributed by atoms with Gasteiger partial charge in [0.25, 0.3) is 0 Å². The number of hydrogen-bond acceptors (Lipinski definition) is 5. The number of rotatable bonds is 5. The SMILES string of the molecule is Cc1nc(NC(=O)CCCC(=O)N2CCNC(=O)C2)sc1C. The van der Waals surface area contributed by atoms with Crippen LogP contribution in [0.3, 0.4) is 0 Å². The maximum atomic E-state index is 11.9. The number of amides is 3. The van der Waals surface area contributed by atoms with Crippen molar-refractivity contribution >= 4 is 34.2 Å². The largest absolute Gasteiger partial charge is 0.353 e. The number of anilines is 1. The molecule has 2 N–H and O–H groups in total. The van der Waals surface area contributed by atoms with Gasteiger partial charge in [-0.1, -0.05) is 0 Å². The number of piperazine rings is 1. The van der Waals surface area contributed by atoms with E-state index in [9.17, 15) is 14.4 Å². The molecular weight excluding hydrogens is 304 g/mol. The first-order valence-corrected chi connectivity index (χ1v) is 8.05. The van der Waals surface area contributed by atoms with Gasteiger partial charge in [0.2, 0.25) is 17.7 Å². The summed E-state index contributed by atoms with van der Waals surface area (Å²) in [5.41, 5.74) is 0.916. The lowest BCUT2D eigenvalue weighted by molar-refractivity contribution is -0.138. The molecule has 0 bridgehead atoms. The van der Waals surface area contributed by atoms with E-state index in [1.54, 1.807) is 0 Å². The Bertz CT molecular complexity index is 565. The van der Waals surface area contributed by atoms with Crippen LogP contribution in [0.25, 0.3) is 0 Å². The Morgan fingerprint density at radius 2 is 2.14 bits per heavy atom. The third kappa shape index (κ3) is 4.52. The quantitative estimate of drug-likeness (QED) is 0.839. The summed E-state index contributed by atoms with van der Waals surface area (Å²) >= 11 is 1.44. The van der Waals surface area contributed by atoms with Crippen molar-refractivity contribution in [1.29, 1.82) is 0 Å². The molecule has 120 valence electrons. The molecule has 3 amide bonds. The molecule has 8 heteroatoms. The standard InChI is InChI=1S/C14H20N4O3S/c1-9-10(2)22-14(16-9)17-11(19)4-3-5-13(21)18-7-6-15-12(20)8-18/h3-8H2,1-2H3,(H,15,20)(H,16,17,19). The van der Waals surface area contributed by atoms with Gasteiger partial charge in [0, 0.05) is 30.8 Å². The molecule has 1 aromatic heterocycles. The Morgan fingerprint density at radius 3 is 2.77 bits per heavy atom. The van der Waals surface area contributed by atoms with Crippen molar-refractivity contribution in [3.8, 4) is 0 Å². The van der Waals surface area contributed by atoms with Crippen molar-refractivity contribution in [2.24, 2.45) is 0 Å². The first-order valence-electron chi connectivity index (χ1n) is 7.24. The van der Waals surface area contributed by atoms with E-state index in [1.807, 2.05) is 13.8 Å². The maximum Gasteiger partial charge on any atom is 0.239 e. The van der Waals surface area contributed by atoms with Gasteiger partial charge >= 0.3 is 0 Å². The summed E-state index contributed by atoms with van der Waals surface area (Å²) in [7, 11) is 0. The van der Waals surface area contributed by atoms with Crippen LogP contribution in [0.5, 0.6) is 0 Å². The van der Waals surface area contributed by atoms with Crippen LogP contribution in [-0.2, 0) is 14.4 Å². The van der Waals surface area contributed by atoms with Crippen LogP contribution in [0.2, 0.25) is 0 Å². The van der Waals surface area contributed by atoms with Crippen LogP contribution in [0, 0.1) is 13.8 Å².